The number of phenols is 1. The molecule has 3 saturated carbocycles. The molecule has 474 valence electrons. The van der Waals surface area contributed by atoms with Crippen LogP contribution in [0.2, 0.25) is 15.1 Å². The van der Waals surface area contributed by atoms with Crippen molar-refractivity contribution in [1.82, 2.24) is 29.9 Å². The molecule has 0 atom stereocenters. The quantitative estimate of drug-likeness (QED) is 0.0453. The number of rotatable bonds is 21. The summed E-state index contributed by atoms with van der Waals surface area (Å²) < 4.78 is 80.4. The number of aliphatic carboxylic acids is 1. The van der Waals surface area contributed by atoms with Gasteiger partial charge in [0.2, 0.25) is 28.8 Å². The first-order valence-electron chi connectivity index (χ1n) is 28.2. The maximum atomic E-state index is 14.1. The molecule has 3 aliphatic carbocycles. The molecule has 0 unspecified atom stereocenters. The van der Waals surface area contributed by atoms with Gasteiger partial charge >= 0.3 is 41.5 Å². The summed E-state index contributed by atoms with van der Waals surface area (Å²) in [6.07, 6.45) is 2.60. The number of carbonyl (C=O) groups excluding carboxylic acids is 3. The van der Waals surface area contributed by atoms with Gasteiger partial charge in [0, 0.05) is 77.3 Å². The van der Waals surface area contributed by atoms with Crippen LogP contribution in [0.1, 0.15) is 38.5 Å². The molecule has 3 N–H and O–H groups in total. The largest absolute Gasteiger partial charge is 1.00 e. The summed E-state index contributed by atoms with van der Waals surface area (Å²) in [5, 5.41) is 39.8. The fraction of sp³-hybridized carbons (Fsp3) is 0.227. The van der Waals surface area contributed by atoms with Crippen LogP contribution in [0.4, 0.5) is 13.2 Å². The van der Waals surface area contributed by atoms with E-state index in [-0.39, 0.29) is 112 Å². The van der Waals surface area contributed by atoms with Gasteiger partial charge in [-0.3, -0.25) is 0 Å². The van der Waals surface area contributed by atoms with Gasteiger partial charge in [0.25, 0.3) is 0 Å². The molecule has 0 aliphatic heterocycles. The van der Waals surface area contributed by atoms with Gasteiger partial charge in [-0.1, -0.05) is 71.2 Å². The molecule has 3 fully saturated rings. The van der Waals surface area contributed by atoms with Gasteiger partial charge in [-0.15, -0.1) is 0 Å². The number of aromatic hydroxyl groups is 1. The third-order valence-corrected chi connectivity index (χ3v) is 15.3. The number of aliphatic hydroxyl groups is 2. The first-order valence-corrected chi connectivity index (χ1v) is 29.4. The number of phenolic OH excluding ortho intramolecular Hbond substituents is 1. The molecule has 27 heteroatoms. The SMILES string of the molecule is COC(=O)C1(Oc2cc(-c3ccccc3O)nc(-c3ccc(Cl)c(F)c3)n2)CC1.COC(=O)C1(Oc2cc(-c3ccccc3OCCO)nc(-c3ccc(Cl)c(F)c3)n2)CC1.O=C([O-])C1(Oc2cc(-c3ccccc3OCCO)nc(-c3ccc(Cl)c(F)c3)n2)CC1.[Na+]. The molecule has 6 aromatic carbocycles. The molecule has 0 spiro atoms. The van der Waals surface area contributed by atoms with E-state index in [4.69, 9.17) is 78.2 Å². The zero-order chi connectivity index (χ0) is 65.3. The van der Waals surface area contributed by atoms with Crippen LogP contribution in [-0.4, -0.2) is 121 Å². The van der Waals surface area contributed by atoms with E-state index in [1.165, 1.54) is 68.8 Å². The first-order chi connectivity index (χ1) is 44.3. The van der Waals surface area contributed by atoms with E-state index in [0.29, 0.717) is 100 Å². The van der Waals surface area contributed by atoms with Crippen molar-refractivity contribution in [2.45, 2.75) is 55.3 Å². The Labute approximate surface area is 566 Å². The molecular weight excluding hydrogens is 1290 g/mol. The van der Waals surface area contributed by atoms with E-state index >= 15 is 0 Å². The number of benzene rings is 6. The van der Waals surface area contributed by atoms with Crippen molar-refractivity contribution in [3.05, 3.63) is 178 Å². The molecule has 93 heavy (non-hydrogen) atoms. The summed E-state index contributed by atoms with van der Waals surface area (Å²) in [4.78, 5) is 62.2. The van der Waals surface area contributed by atoms with Gasteiger partial charge in [0.15, 0.2) is 23.1 Å². The van der Waals surface area contributed by atoms with Crippen molar-refractivity contribution in [3.63, 3.8) is 0 Å². The average molecular weight is 1340 g/mol. The minimum absolute atomic E-state index is 0. The number of aliphatic hydroxyl groups excluding tert-OH is 2. The van der Waals surface area contributed by atoms with E-state index in [1.54, 1.807) is 84.9 Å². The van der Waals surface area contributed by atoms with Crippen molar-refractivity contribution < 1.29 is 111 Å². The fourth-order valence-corrected chi connectivity index (χ4v) is 9.46. The minimum Gasteiger partial charge on any atom is -0.546 e. The van der Waals surface area contributed by atoms with Gasteiger partial charge in [-0.2, -0.15) is 15.0 Å². The molecule has 0 saturated heterocycles. The number of para-hydroxylation sites is 3. The third kappa shape index (κ3) is 16.4. The monoisotopic (exact) mass is 1340 g/mol. The Balaban J connectivity index is 0.000000164. The number of hydrogen-bond donors (Lipinski definition) is 3. The molecule has 20 nitrogen and oxygen atoms in total. The Kier molecular flexibility index (Phi) is 22.1. The molecule has 0 amide bonds. The van der Waals surface area contributed by atoms with Crippen molar-refractivity contribution in [3.8, 4) is 103 Å². The number of methoxy groups -OCH3 is 2. The number of aromatic nitrogens is 6. The Bertz CT molecular complexity index is 4240. The van der Waals surface area contributed by atoms with E-state index < -0.39 is 52.2 Å². The number of hydrogen-bond acceptors (Lipinski definition) is 20. The maximum absolute atomic E-state index is 14.1. The molecular formula is C66H53Cl3F3N6NaO14. The predicted octanol–water partition coefficient (Wildman–Crippen LogP) is 8.09. The predicted molar refractivity (Wildman–Crippen MR) is 327 cm³/mol. The van der Waals surface area contributed by atoms with Crippen LogP contribution in [-0.2, 0) is 23.9 Å². The van der Waals surface area contributed by atoms with Crippen LogP contribution in [0.15, 0.2) is 146 Å². The second kappa shape index (κ2) is 30.0. The summed E-state index contributed by atoms with van der Waals surface area (Å²) in [7, 11) is 2.59. The summed E-state index contributed by atoms with van der Waals surface area (Å²) in [5.74, 6) is -2.46. The summed E-state index contributed by atoms with van der Waals surface area (Å²) in [6.45, 7) is -0.139. The van der Waals surface area contributed by atoms with Gasteiger partial charge in [0.1, 0.15) is 47.9 Å². The number of nitrogens with zero attached hydrogens (tertiary/aromatic N) is 6. The van der Waals surface area contributed by atoms with Gasteiger partial charge in [-0.25, -0.2) is 37.7 Å². The van der Waals surface area contributed by atoms with Crippen LogP contribution >= 0.6 is 34.8 Å². The number of halogens is 6. The molecule has 0 radical (unpaired) electrons. The topological polar surface area (TPSA) is 277 Å². The molecule has 12 rings (SSSR count). The van der Waals surface area contributed by atoms with Crippen LogP contribution in [0.5, 0.6) is 34.9 Å². The van der Waals surface area contributed by atoms with Crippen molar-refractivity contribution in [2.24, 2.45) is 0 Å². The van der Waals surface area contributed by atoms with Crippen molar-refractivity contribution in [1.29, 1.82) is 0 Å². The summed E-state index contributed by atoms with van der Waals surface area (Å²) in [6, 6.07) is 37.9. The number of carbonyl (C=O) groups is 3. The second-order valence-corrected chi connectivity index (χ2v) is 22.1. The zero-order valence-corrected chi connectivity index (χ0v) is 54.0. The molecule has 3 aromatic heterocycles. The first kappa shape index (κ1) is 68.7. The normalized spacial score (nSPS) is 14.0. The molecule has 3 heterocycles. The smallest absolute Gasteiger partial charge is 0.546 e. The fourth-order valence-electron chi connectivity index (χ4n) is 9.11. The van der Waals surface area contributed by atoms with Gasteiger partial charge in [0.05, 0.1) is 65.6 Å². The van der Waals surface area contributed by atoms with Crippen LogP contribution in [0.25, 0.3) is 67.9 Å². The number of esters is 2. The van der Waals surface area contributed by atoms with E-state index in [0.717, 1.165) is 0 Å². The molecule has 9 aromatic rings. The number of carboxylic acids is 1. The summed E-state index contributed by atoms with van der Waals surface area (Å²) in [5.41, 5.74) is 0.292. The standard InChI is InChI=1S/C23H20ClFN2O5.C22H18ClFN2O5.C21H16ClFN2O4.Na/c1-30-22(29)23(8-9-23)32-20-13-18(15-4-2-3-5-19(15)31-11-10-28)26-21(27-20)14-6-7-16(24)17(25)12-14;23-15-6-5-13(11-16(15)24)20-25-17(14-3-1-2-4-18(14)30-10-9-27)12-19(26-20)31-22(7-8-22)21(28)29;1-28-20(27)21(8-9-21)29-18-11-16(13-4-2-3-5-17(13)26)24-19(25-18)12-6-7-14(22)15(23)10-12;/h2-7,12-13,28H,8-11H2,1H3;1-6,11-12,27H,7-10H2,(H,28,29);2-7,10-11,26H,8-9H2,1H3;/q;;;+1/p-1. The Morgan fingerprint density at radius 3 is 1.11 bits per heavy atom. The third-order valence-electron chi connectivity index (χ3n) is 14.3. The van der Waals surface area contributed by atoms with Crippen molar-refractivity contribution >= 4 is 52.7 Å². The van der Waals surface area contributed by atoms with E-state index in [2.05, 4.69) is 29.9 Å². The van der Waals surface area contributed by atoms with E-state index in [9.17, 15) is 37.8 Å². The van der Waals surface area contributed by atoms with Gasteiger partial charge < -0.3 is 58.4 Å². The molecule has 3 aliphatic rings. The zero-order valence-electron chi connectivity index (χ0n) is 49.7. The number of ether oxygens (including phenoxy) is 7. The Hall–Kier alpha value is -8.65. The van der Waals surface area contributed by atoms with Crippen LogP contribution in [0, 0.1) is 17.5 Å². The number of carboxylic acid groups (broad SMARTS) is 1. The van der Waals surface area contributed by atoms with Gasteiger partial charge in [-0.05, 0) is 104 Å². The van der Waals surface area contributed by atoms with E-state index in [1.807, 2.05) is 6.07 Å². The van der Waals surface area contributed by atoms with Crippen LogP contribution in [0.3, 0.4) is 0 Å². The Morgan fingerprint density at radius 1 is 0.473 bits per heavy atom. The maximum Gasteiger partial charge on any atom is 1.00 e. The van der Waals surface area contributed by atoms with Crippen molar-refractivity contribution in [2.75, 3.05) is 40.6 Å². The molecule has 0 bridgehead atoms. The minimum atomic E-state index is -1.43. The average Bonchev–Trinajstić information content (AvgIpc) is 1.69. The second-order valence-electron chi connectivity index (χ2n) is 20.8. The van der Waals surface area contributed by atoms with Crippen LogP contribution < -0.4 is 58.3 Å². The Morgan fingerprint density at radius 2 is 0.796 bits per heavy atom. The summed E-state index contributed by atoms with van der Waals surface area (Å²) >= 11 is 17.4.